The van der Waals surface area contributed by atoms with Crippen LogP contribution in [-0.4, -0.2) is 31.4 Å². The van der Waals surface area contributed by atoms with Gasteiger partial charge in [-0.2, -0.15) is 0 Å². The normalized spacial score (nSPS) is 10.1. The number of benzene rings is 1. The van der Waals surface area contributed by atoms with Gasteiger partial charge in [0, 0.05) is 32.7 Å². The van der Waals surface area contributed by atoms with Gasteiger partial charge in [-0.15, -0.1) is 0 Å². The van der Waals surface area contributed by atoms with Crippen molar-refractivity contribution in [2.45, 2.75) is 13.3 Å². The predicted molar refractivity (Wildman–Crippen MR) is 72.4 cm³/mol. The number of carbonyl (C=O) groups excluding carboxylic acids is 1. The molecular weight excluding hydrogens is 238 g/mol. The number of rotatable bonds is 4. The van der Waals surface area contributed by atoms with Crippen LogP contribution in [0.4, 0.5) is 11.4 Å². The highest BCUT2D eigenvalue weighted by Gasteiger charge is 2.06. The van der Waals surface area contributed by atoms with E-state index in [4.69, 9.17) is 17.3 Å². The predicted octanol–water partition coefficient (Wildman–Crippen LogP) is 2.12. The Morgan fingerprint density at radius 3 is 2.71 bits per heavy atom. The first kappa shape index (κ1) is 13.6. The van der Waals surface area contributed by atoms with Crippen LogP contribution < -0.4 is 11.1 Å². The number of amides is 1. The number of hydrogen-bond acceptors (Lipinski definition) is 3. The average Bonchev–Trinajstić information content (AvgIpc) is 2.25. The highest BCUT2D eigenvalue weighted by Crippen LogP contribution is 2.26. The Labute approximate surface area is 107 Å². The minimum absolute atomic E-state index is 0.0942. The molecule has 1 aromatic carbocycles. The Bertz CT molecular complexity index is 418. The van der Waals surface area contributed by atoms with Gasteiger partial charge in [0.25, 0.3) is 0 Å². The van der Waals surface area contributed by atoms with E-state index in [1.807, 2.05) is 13.0 Å². The number of nitrogens with one attached hydrogen (secondary N) is 1. The van der Waals surface area contributed by atoms with Crippen LogP contribution in [0.15, 0.2) is 12.1 Å². The molecule has 0 unspecified atom stereocenters. The molecule has 94 valence electrons. The highest BCUT2D eigenvalue weighted by molar-refractivity contribution is 6.33. The summed E-state index contributed by atoms with van der Waals surface area (Å²) in [4.78, 5) is 13.0. The molecule has 5 heteroatoms. The molecule has 0 spiro atoms. The fourth-order valence-corrected chi connectivity index (χ4v) is 1.59. The summed E-state index contributed by atoms with van der Waals surface area (Å²) in [6, 6.07) is 3.60. The second kappa shape index (κ2) is 5.77. The quantitative estimate of drug-likeness (QED) is 0.811. The third-order valence-corrected chi connectivity index (χ3v) is 2.82. The maximum atomic E-state index is 11.4. The summed E-state index contributed by atoms with van der Waals surface area (Å²) in [5.41, 5.74) is 8.18. The number of aryl methyl sites for hydroxylation is 1. The molecular formula is C12H18ClN3O. The van der Waals surface area contributed by atoms with Crippen LogP contribution in [0.25, 0.3) is 0 Å². The number of anilines is 2. The molecule has 17 heavy (non-hydrogen) atoms. The Morgan fingerprint density at radius 2 is 2.12 bits per heavy atom. The lowest BCUT2D eigenvalue weighted by Gasteiger charge is -2.13. The minimum atomic E-state index is 0.0942. The number of hydrogen-bond donors (Lipinski definition) is 2. The molecule has 0 aliphatic carbocycles. The van der Waals surface area contributed by atoms with Gasteiger partial charge in [0.1, 0.15) is 0 Å². The van der Waals surface area contributed by atoms with E-state index in [-0.39, 0.29) is 5.91 Å². The van der Waals surface area contributed by atoms with Crippen molar-refractivity contribution in [2.24, 2.45) is 0 Å². The van der Waals surface area contributed by atoms with E-state index in [2.05, 4.69) is 5.32 Å². The van der Waals surface area contributed by atoms with E-state index < -0.39 is 0 Å². The van der Waals surface area contributed by atoms with E-state index in [0.717, 1.165) is 11.3 Å². The van der Waals surface area contributed by atoms with Gasteiger partial charge in [-0.3, -0.25) is 4.79 Å². The van der Waals surface area contributed by atoms with Crippen molar-refractivity contribution >= 4 is 28.9 Å². The van der Waals surface area contributed by atoms with E-state index in [1.165, 1.54) is 0 Å². The average molecular weight is 256 g/mol. The molecule has 4 nitrogen and oxygen atoms in total. The first-order chi connectivity index (χ1) is 7.91. The molecule has 0 radical (unpaired) electrons. The van der Waals surface area contributed by atoms with E-state index in [0.29, 0.717) is 23.7 Å². The SMILES string of the molecule is Cc1cc(N)c(Cl)cc1NCCC(=O)N(C)C. The zero-order valence-electron chi connectivity index (χ0n) is 10.4. The largest absolute Gasteiger partial charge is 0.398 e. The van der Waals surface area contributed by atoms with Crippen LogP contribution >= 0.6 is 11.6 Å². The smallest absolute Gasteiger partial charge is 0.223 e. The van der Waals surface area contributed by atoms with Gasteiger partial charge >= 0.3 is 0 Å². The van der Waals surface area contributed by atoms with Crippen LogP contribution in [0.2, 0.25) is 5.02 Å². The minimum Gasteiger partial charge on any atom is -0.398 e. The Kier molecular flexibility index (Phi) is 4.63. The summed E-state index contributed by atoms with van der Waals surface area (Å²) < 4.78 is 0. The zero-order chi connectivity index (χ0) is 13.0. The molecule has 0 aliphatic heterocycles. The van der Waals surface area contributed by atoms with Gasteiger partial charge in [0.05, 0.1) is 10.7 Å². The van der Waals surface area contributed by atoms with Gasteiger partial charge in [-0.25, -0.2) is 0 Å². The maximum Gasteiger partial charge on any atom is 0.223 e. The van der Waals surface area contributed by atoms with E-state index in [1.54, 1.807) is 25.1 Å². The van der Waals surface area contributed by atoms with Gasteiger partial charge in [0.2, 0.25) is 5.91 Å². The second-order valence-corrected chi connectivity index (χ2v) is 4.56. The number of carbonyl (C=O) groups is 1. The van der Waals surface area contributed by atoms with Gasteiger partial charge in [0.15, 0.2) is 0 Å². The molecule has 3 N–H and O–H groups in total. The number of nitrogens with two attached hydrogens (primary N) is 1. The van der Waals surface area contributed by atoms with E-state index >= 15 is 0 Å². The third-order valence-electron chi connectivity index (χ3n) is 2.50. The van der Waals surface area contributed by atoms with E-state index in [9.17, 15) is 4.79 Å². The van der Waals surface area contributed by atoms with Crippen LogP contribution in [0.1, 0.15) is 12.0 Å². The van der Waals surface area contributed by atoms with Crippen molar-refractivity contribution in [2.75, 3.05) is 31.7 Å². The van der Waals surface area contributed by atoms with Gasteiger partial charge in [-0.1, -0.05) is 11.6 Å². The Balaban J connectivity index is 2.58. The first-order valence-corrected chi connectivity index (χ1v) is 5.79. The summed E-state index contributed by atoms with van der Waals surface area (Å²) in [5, 5.41) is 3.70. The van der Waals surface area contributed by atoms with Crippen LogP contribution in [0.3, 0.4) is 0 Å². The summed E-state index contributed by atoms with van der Waals surface area (Å²) in [7, 11) is 3.49. The van der Waals surface area contributed by atoms with Crippen LogP contribution in [-0.2, 0) is 4.79 Å². The lowest BCUT2D eigenvalue weighted by Crippen LogP contribution is -2.24. The lowest BCUT2D eigenvalue weighted by molar-refractivity contribution is -0.128. The monoisotopic (exact) mass is 255 g/mol. The van der Waals surface area contributed by atoms with Crippen LogP contribution in [0.5, 0.6) is 0 Å². The summed E-state index contributed by atoms with van der Waals surface area (Å²) in [6.45, 7) is 2.53. The molecule has 1 rings (SSSR count). The van der Waals surface area contributed by atoms with Crippen molar-refractivity contribution in [3.63, 3.8) is 0 Å². The van der Waals surface area contributed by atoms with Crippen molar-refractivity contribution in [3.05, 3.63) is 22.7 Å². The fraction of sp³-hybridized carbons (Fsp3) is 0.417. The summed E-state index contributed by atoms with van der Waals surface area (Å²) in [6.07, 6.45) is 0.453. The summed E-state index contributed by atoms with van der Waals surface area (Å²) in [5.74, 6) is 0.0942. The highest BCUT2D eigenvalue weighted by atomic mass is 35.5. The van der Waals surface area contributed by atoms with Crippen molar-refractivity contribution in [3.8, 4) is 0 Å². The standard InChI is InChI=1S/C12H18ClN3O/c1-8-6-10(14)9(13)7-11(8)15-5-4-12(17)16(2)3/h6-7,15H,4-5,14H2,1-3H3. The first-order valence-electron chi connectivity index (χ1n) is 5.41. The topological polar surface area (TPSA) is 58.4 Å². The van der Waals surface area contributed by atoms with Gasteiger partial charge < -0.3 is 16.0 Å². The number of halogens is 1. The Morgan fingerprint density at radius 1 is 1.47 bits per heavy atom. The maximum absolute atomic E-state index is 11.4. The van der Waals surface area contributed by atoms with Crippen molar-refractivity contribution in [1.29, 1.82) is 0 Å². The lowest BCUT2D eigenvalue weighted by atomic mass is 10.1. The third kappa shape index (κ3) is 3.82. The molecule has 0 fully saturated rings. The second-order valence-electron chi connectivity index (χ2n) is 4.15. The zero-order valence-corrected chi connectivity index (χ0v) is 11.1. The molecule has 1 aromatic rings. The summed E-state index contributed by atoms with van der Waals surface area (Å²) >= 11 is 5.94. The Hall–Kier alpha value is -1.42. The van der Waals surface area contributed by atoms with Crippen molar-refractivity contribution < 1.29 is 4.79 Å². The molecule has 0 aromatic heterocycles. The molecule has 0 heterocycles. The molecule has 1 amide bonds. The molecule has 0 saturated heterocycles. The number of nitrogens with zero attached hydrogens (tertiary/aromatic N) is 1. The molecule has 0 aliphatic rings. The fourth-order valence-electron chi connectivity index (χ4n) is 1.42. The number of nitrogen functional groups attached to an aromatic ring is 1. The molecule has 0 saturated carbocycles. The molecule has 0 atom stereocenters. The van der Waals surface area contributed by atoms with Gasteiger partial charge in [-0.05, 0) is 24.6 Å². The van der Waals surface area contributed by atoms with Crippen molar-refractivity contribution in [1.82, 2.24) is 4.90 Å². The molecule has 0 bridgehead atoms. The van der Waals surface area contributed by atoms with Crippen LogP contribution in [0, 0.1) is 6.92 Å².